The topological polar surface area (TPSA) is 12.9 Å². The number of pyridine rings is 1. The molecule has 0 aliphatic carbocycles. The van der Waals surface area contributed by atoms with E-state index in [9.17, 15) is 0 Å². The van der Waals surface area contributed by atoms with E-state index in [-0.39, 0.29) is 0 Å². The minimum absolute atomic E-state index is 0.994. The van der Waals surface area contributed by atoms with Gasteiger partial charge < -0.3 is 0 Å². The lowest BCUT2D eigenvalue weighted by molar-refractivity contribution is 1.33. The molecule has 1 aromatic heterocycles. The second-order valence-electron chi connectivity index (χ2n) is 5.85. The van der Waals surface area contributed by atoms with Crippen molar-refractivity contribution in [2.45, 2.75) is 0 Å². The van der Waals surface area contributed by atoms with Crippen molar-refractivity contribution in [2.75, 3.05) is 0 Å². The van der Waals surface area contributed by atoms with E-state index in [1.165, 1.54) is 25.8 Å². The fraction of sp³-hybridized carbons (Fsp3) is 0. The summed E-state index contributed by atoms with van der Waals surface area (Å²) in [7, 11) is 0. The van der Waals surface area contributed by atoms with Crippen LogP contribution in [-0.2, 0) is 0 Å². The van der Waals surface area contributed by atoms with Crippen molar-refractivity contribution in [3.8, 4) is 33.5 Å². The molecular weight excluding hydrogens is 417 g/mol. The molecule has 4 rings (SSSR count). The van der Waals surface area contributed by atoms with Gasteiger partial charge in [-0.25, -0.2) is 0 Å². The Bertz CT molecular complexity index is 977. The average Bonchev–Trinajstić information content (AvgIpc) is 2.69. The first kappa shape index (κ1) is 16.0. The summed E-state index contributed by atoms with van der Waals surface area (Å²) in [6.07, 6.45) is 1.84. The molecule has 0 saturated heterocycles. The molecule has 0 radical (unpaired) electrons. The summed E-state index contributed by atoms with van der Waals surface area (Å²) in [6.45, 7) is 0. The van der Waals surface area contributed by atoms with Gasteiger partial charge in [0.25, 0.3) is 0 Å². The highest BCUT2D eigenvalue weighted by Crippen LogP contribution is 2.35. The Morgan fingerprint density at radius 3 is 1.96 bits per heavy atom. The van der Waals surface area contributed by atoms with Crippen molar-refractivity contribution < 1.29 is 0 Å². The highest BCUT2D eigenvalue weighted by Gasteiger charge is 2.10. The molecule has 25 heavy (non-hydrogen) atoms. The van der Waals surface area contributed by atoms with E-state index in [1.54, 1.807) is 0 Å². The van der Waals surface area contributed by atoms with Gasteiger partial charge in [0.2, 0.25) is 0 Å². The van der Waals surface area contributed by atoms with Gasteiger partial charge in [0.15, 0.2) is 0 Å². The number of hydrogen-bond acceptors (Lipinski definition) is 1. The first-order valence-corrected chi connectivity index (χ1v) is 9.26. The van der Waals surface area contributed by atoms with Crippen LogP contribution >= 0.6 is 22.6 Å². The van der Waals surface area contributed by atoms with Gasteiger partial charge in [-0.15, -0.1) is 0 Å². The molecule has 0 amide bonds. The number of rotatable bonds is 3. The monoisotopic (exact) mass is 433 g/mol. The predicted octanol–water partition coefficient (Wildman–Crippen LogP) is 6.69. The molecule has 0 aliphatic rings. The predicted molar refractivity (Wildman–Crippen MR) is 113 cm³/mol. The van der Waals surface area contributed by atoms with Crippen LogP contribution in [0.3, 0.4) is 0 Å². The van der Waals surface area contributed by atoms with Crippen LogP contribution < -0.4 is 0 Å². The molecule has 4 aromatic rings. The zero-order valence-electron chi connectivity index (χ0n) is 13.6. The Balaban J connectivity index is 1.91. The van der Waals surface area contributed by atoms with Gasteiger partial charge in [0.05, 0.1) is 5.69 Å². The van der Waals surface area contributed by atoms with Gasteiger partial charge in [-0.1, -0.05) is 60.7 Å². The average molecular weight is 433 g/mol. The minimum atomic E-state index is 0.994. The molecular formula is C23H16IN. The number of benzene rings is 3. The van der Waals surface area contributed by atoms with Crippen LogP contribution in [0.5, 0.6) is 0 Å². The first-order chi connectivity index (χ1) is 12.3. The molecule has 0 saturated carbocycles. The first-order valence-electron chi connectivity index (χ1n) is 8.18. The lowest BCUT2D eigenvalue weighted by Gasteiger charge is -2.13. The maximum Gasteiger partial charge on any atom is 0.0702 e. The van der Waals surface area contributed by atoms with Gasteiger partial charge in [-0.05, 0) is 75.2 Å². The van der Waals surface area contributed by atoms with Crippen LogP contribution in [0.1, 0.15) is 0 Å². The van der Waals surface area contributed by atoms with Crippen molar-refractivity contribution in [1.82, 2.24) is 4.98 Å². The Kier molecular flexibility index (Phi) is 4.61. The summed E-state index contributed by atoms with van der Waals surface area (Å²) < 4.78 is 1.24. The van der Waals surface area contributed by atoms with Gasteiger partial charge in [0, 0.05) is 15.3 Å². The van der Waals surface area contributed by atoms with Crippen molar-refractivity contribution >= 4 is 22.6 Å². The normalized spacial score (nSPS) is 10.6. The molecule has 0 unspecified atom stereocenters. The van der Waals surface area contributed by atoms with Gasteiger partial charge >= 0.3 is 0 Å². The third-order valence-electron chi connectivity index (χ3n) is 4.22. The lowest BCUT2D eigenvalue weighted by atomic mass is 9.92. The second-order valence-corrected chi connectivity index (χ2v) is 7.09. The molecule has 0 aliphatic heterocycles. The van der Waals surface area contributed by atoms with E-state index in [2.05, 4.69) is 106 Å². The van der Waals surface area contributed by atoms with Crippen LogP contribution in [0, 0.1) is 3.57 Å². The molecule has 1 nitrogen and oxygen atoms in total. The van der Waals surface area contributed by atoms with Gasteiger partial charge in [0.1, 0.15) is 0 Å². The second kappa shape index (κ2) is 7.19. The molecule has 0 bridgehead atoms. The quantitative estimate of drug-likeness (QED) is 0.328. The summed E-state index contributed by atoms with van der Waals surface area (Å²) in [5.41, 5.74) is 7.04. The fourth-order valence-corrected chi connectivity index (χ4v) is 3.33. The SMILES string of the molecule is Ic1ccc(-c2cc(-c3ccccn3)ccc2-c2ccccc2)cc1. The Morgan fingerprint density at radius 1 is 0.560 bits per heavy atom. The third kappa shape index (κ3) is 3.49. The van der Waals surface area contributed by atoms with E-state index in [0.717, 1.165) is 11.3 Å². The summed E-state index contributed by atoms with van der Waals surface area (Å²) >= 11 is 2.34. The van der Waals surface area contributed by atoms with Crippen LogP contribution in [-0.4, -0.2) is 4.98 Å². The highest BCUT2D eigenvalue weighted by atomic mass is 127. The summed E-state index contributed by atoms with van der Waals surface area (Å²) in [6, 6.07) is 31.8. The molecule has 0 fully saturated rings. The minimum Gasteiger partial charge on any atom is -0.256 e. The standard InChI is InChI=1S/C23H16IN/c24-20-12-9-18(10-13-20)22-16-19(23-8-4-5-15-25-23)11-14-21(22)17-6-2-1-3-7-17/h1-16H. The lowest BCUT2D eigenvalue weighted by Crippen LogP contribution is -1.89. The molecule has 0 spiro atoms. The molecule has 0 atom stereocenters. The third-order valence-corrected chi connectivity index (χ3v) is 4.94. The number of aromatic nitrogens is 1. The van der Waals surface area contributed by atoms with E-state index >= 15 is 0 Å². The van der Waals surface area contributed by atoms with Crippen LogP contribution in [0.25, 0.3) is 33.5 Å². The maximum atomic E-state index is 4.50. The van der Waals surface area contributed by atoms with E-state index in [4.69, 9.17) is 0 Å². The van der Waals surface area contributed by atoms with Crippen molar-refractivity contribution in [1.29, 1.82) is 0 Å². The molecule has 1 heterocycles. The zero-order chi connectivity index (χ0) is 17.1. The van der Waals surface area contributed by atoms with Crippen LogP contribution in [0.4, 0.5) is 0 Å². The Labute approximate surface area is 161 Å². The summed E-state index contributed by atoms with van der Waals surface area (Å²) in [4.78, 5) is 4.50. The highest BCUT2D eigenvalue weighted by molar-refractivity contribution is 14.1. The molecule has 2 heteroatoms. The molecule has 3 aromatic carbocycles. The fourth-order valence-electron chi connectivity index (χ4n) is 2.97. The Hall–Kier alpha value is -2.46. The van der Waals surface area contributed by atoms with Crippen LogP contribution in [0.15, 0.2) is 97.2 Å². The van der Waals surface area contributed by atoms with E-state index in [1.807, 2.05) is 18.3 Å². The summed E-state index contributed by atoms with van der Waals surface area (Å²) in [5.74, 6) is 0. The van der Waals surface area contributed by atoms with Crippen molar-refractivity contribution in [2.24, 2.45) is 0 Å². The van der Waals surface area contributed by atoms with Gasteiger partial charge in [-0.2, -0.15) is 0 Å². The maximum absolute atomic E-state index is 4.50. The molecule has 0 N–H and O–H groups in total. The van der Waals surface area contributed by atoms with E-state index < -0.39 is 0 Å². The number of halogens is 1. The number of nitrogens with zero attached hydrogens (tertiary/aromatic N) is 1. The number of hydrogen-bond donors (Lipinski definition) is 0. The van der Waals surface area contributed by atoms with Crippen molar-refractivity contribution in [3.05, 3.63) is 101 Å². The zero-order valence-corrected chi connectivity index (χ0v) is 15.7. The van der Waals surface area contributed by atoms with E-state index in [0.29, 0.717) is 0 Å². The smallest absolute Gasteiger partial charge is 0.0702 e. The summed E-state index contributed by atoms with van der Waals surface area (Å²) in [5, 5.41) is 0. The van der Waals surface area contributed by atoms with Crippen molar-refractivity contribution in [3.63, 3.8) is 0 Å². The Morgan fingerprint density at radius 2 is 1.24 bits per heavy atom. The largest absolute Gasteiger partial charge is 0.256 e. The molecule has 120 valence electrons. The van der Waals surface area contributed by atoms with Gasteiger partial charge in [-0.3, -0.25) is 4.98 Å². The van der Waals surface area contributed by atoms with Crippen LogP contribution in [0.2, 0.25) is 0 Å².